The van der Waals surface area contributed by atoms with E-state index in [0.717, 1.165) is 17.4 Å². The summed E-state index contributed by atoms with van der Waals surface area (Å²) >= 11 is 3.53. The quantitative estimate of drug-likeness (QED) is 0.729. The second-order valence-corrected chi connectivity index (χ2v) is 4.28. The molecule has 1 aromatic carbocycles. The molecule has 0 bridgehead atoms. The average molecular weight is 241 g/mol. The fourth-order valence-corrected chi connectivity index (χ4v) is 2.08. The highest BCUT2D eigenvalue weighted by Gasteiger charge is 2.12. The Bertz CT molecular complexity index is 312. The van der Waals surface area contributed by atoms with Gasteiger partial charge in [-0.25, -0.2) is 0 Å². The zero-order valence-electron chi connectivity index (χ0n) is 7.60. The van der Waals surface area contributed by atoms with Gasteiger partial charge in [-0.2, -0.15) is 0 Å². The van der Waals surface area contributed by atoms with Crippen LogP contribution in [0.15, 0.2) is 22.7 Å². The van der Waals surface area contributed by atoms with E-state index < -0.39 is 0 Å². The van der Waals surface area contributed by atoms with Crippen LogP contribution in [0.5, 0.6) is 0 Å². The standard InChI is InChI=1S/C10H13BrN2/c1-7-5-6-12-10-8(11)3-2-4-9(10)13-7/h2-4,7,12-13H,5-6H2,1H3. The van der Waals surface area contributed by atoms with E-state index in [1.54, 1.807) is 0 Å². The molecule has 1 aromatic rings. The molecule has 1 aliphatic rings. The van der Waals surface area contributed by atoms with Crippen molar-refractivity contribution in [3.8, 4) is 0 Å². The van der Waals surface area contributed by atoms with E-state index in [1.807, 2.05) is 0 Å². The van der Waals surface area contributed by atoms with Gasteiger partial charge in [0.1, 0.15) is 0 Å². The molecule has 13 heavy (non-hydrogen) atoms. The molecule has 0 radical (unpaired) electrons. The summed E-state index contributed by atoms with van der Waals surface area (Å²) in [5.74, 6) is 0. The number of para-hydroxylation sites is 1. The summed E-state index contributed by atoms with van der Waals surface area (Å²) < 4.78 is 1.13. The highest BCUT2D eigenvalue weighted by atomic mass is 79.9. The summed E-state index contributed by atoms with van der Waals surface area (Å²) in [6, 6.07) is 6.76. The van der Waals surface area contributed by atoms with Crippen molar-refractivity contribution in [2.75, 3.05) is 17.2 Å². The summed E-state index contributed by atoms with van der Waals surface area (Å²) in [5.41, 5.74) is 2.38. The van der Waals surface area contributed by atoms with E-state index in [-0.39, 0.29) is 0 Å². The minimum absolute atomic E-state index is 0.544. The number of benzene rings is 1. The number of nitrogens with one attached hydrogen (secondary N) is 2. The van der Waals surface area contributed by atoms with E-state index in [2.05, 4.69) is 51.7 Å². The maximum atomic E-state index is 3.53. The van der Waals surface area contributed by atoms with Crippen LogP contribution in [0.3, 0.4) is 0 Å². The molecule has 1 atom stereocenters. The van der Waals surface area contributed by atoms with E-state index in [0.29, 0.717) is 6.04 Å². The van der Waals surface area contributed by atoms with Crippen molar-refractivity contribution in [3.63, 3.8) is 0 Å². The predicted molar refractivity (Wildman–Crippen MR) is 60.3 cm³/mol. The van der Waals surface area contributed by atoms with Gasteiger partial charge < -0.3 is 10.6 Å². The van der Waals surface area contributed by atoms with Crippen LogP contribution in [0.2, 0.25) is 0 Å². The zero-order valence-corrected chi connectivity index (χ0v) is 9.19. The predicted octanol–water partition coefficient (Wildman–Crippen LogP) is 3.07. The van der Waals surface area contributed by atoms with E-state index in [4.69, 9.17) is 0 Å². The molecular formula is C10H13BrN2. The van der Waals surface area contributed by atoms with Crippen molar-refractivity contribution in [1.29, 1.82) is 0 Å². The Morgan fingerprint density at radius 2 is 2.31 bits per heavy atom. The third-order valence-corrected chi connectivity index (χ3v) is 2.96. The highest BCUT2D eigenvalue weighted by Crippen LogP contribution is 2.32. The second-order valence-electron chi connectivity index (χ2n) is 3.42. The first-order chi connectivity index (χ1) is 6.27. The Morgan fingerprint density at radius 3 is 3.15 bits per heavy atom. The van der Waals surface area contributed by atoms with Gasteiger partial charge in [0.2, 0.25) is 0 Å². The molecule has 2 rings (SSSR count). The van der Waals surface area contributed by atoms with Crippen LogP contribution in [0.25, 0.3) is 0 Å². The molecule has 0 aliphatic carbocycles. The normalized spacial score (nSPS) is 20.9. The number of rotatable bonds is 0. The lowest BCUT2D eigenvalue weighted by atomic mass is 10.2. The maximum Gasteiger partial charge on any atom is 0.0720 e. The van der Waals surface area contributed by atoms with Crippen molar-refractivity contribution in [3.05, 3.63) is 22.7 Å². The van der Waals surface area contributed by atoms with E-state index in [9.17, 15) is 0 Å². The van der Waals surface area contributed by atoms with Crippen LogP contribution in [-0.4, -0.2) is 12.6 Å². The molecule has 2 N–H and O–H groups in total. The molecule has 0 saturated heterocycles. The van der Waals surface area contributed by atoms with Gasteiger partial charge >= 0.3 is 0 Å². The molecule has 0 saturated carbocycles. The molecule has 0 spiro atoms. The summed E-state index contributed by atoms with van der Waals surface area (Å²) in [6.07, 6.45) is 1.15. The third kappa shape index (κ3) is 1.80. The molecule has 70 valence electrons. The lowest BCUT2D eigenvalue weighted by Gasteiger charge is -2.12. The second kappa shape index (κ2) is 3.58. The van der Waals surface area contributed by atoms with Gasteiger partial charge in [-0.05, 0) is 41.4 Å². The van der Waals surface area contributed by atoms with Crippen LogP contribution < -0.4 is 10.6 Å². The van der Waals surface area contributed by atoms with Gasteiger partial charge in [0.15, 0.2) is 0 Å². The molecule has 1 heterocycles. The van der Waals surface area contributed by atoms with Gasteiger partial charge in [-0.15, -0.1) is 0 Å². The number of fused-ring (bicyclic) bond motifs is 1. The van der Waals surface area contributed by atoms with Crippen molar-refractivity contribution in [1.82, 2.24) is 0 Å². The monoisotopic (exact) mass is 240 g/mol. The van der Waals surface area contributed by atoms with Gasteiger partial charge in [0.05, 0.1) is 11.4 Å². The SMILES string of the molecule is CC1CCNc2c(Br)cccc2N1. The van der Waals surface area contributed by atoms with Crippen LogP contribution in [0.4, 0.5) is 11.4 Å². The van der Waals surface area contributed by atoms with Gasteiger partial charge in [-0.1, -0.05) is 6.07 Å². The number of halogens is 1. The molecular weight excluding hydrogens is 228 g/mol. The Morgan fingerprint density at radius 1 is 1.46 bits per heavy atom. The van der Waals surface area contributed by atoms with Crippen molar-refractivity contribution < 1.29 is 0 Å². The molecule has 2 nitrogen and oxygen atoms in total. The Kier molecular flexibility index (Phi) is 2.44. The largest absolute Gasteiger partial charge is 0.382 e. The molecule has 0 amide bonds. The molecule has 1 aliphatic heterocycles. The zero-order chi connectivity index (χ0) is 9.26. The van der Waals surface area contributed by atoms with Crippen LogP contribution in [-0.2, 0) is 0 Å². The average Bonchev–Trinajstić information content (AvgIpc) is 2.27. The Balaban J connectivity index is 2.39. The smallest absolute Gasteiger partial charge is 0.0720 e. The topological polar surface area (TPSA) is 24.1 Å². The number of anilines is 2. The summed E-state index contributed by atoms with van der Waals surface area (Å²) in [6.45, 7) is 3.24. The first-order valence-corrected chi connectivity index (χ1v) is 5.35. The van der Waals surface area contributed by atoms with Gasteiger partial charge in [-0.3, -0.25) is 0 Å². The molecule has 0 aromatic heterocycles. The van der Waals surface area contributed by atoms with Crippen molar-refractivity contribution in [2.45, 2.75) is 19.4 Å². The summed E-state index contributed by atoms with van der Waals surface area (Å²) in [5, 5.41) is 6.89. The highest BCUT2D eigenvalue weighted by molar-refractivity contribution is 9.10. The minimum atomic E-state index is 0.544. The van der Waals surface area contributed by atoms with E-state index >= 15 is 0 Å². The minimum Gasteiger partial charge on any atom is -0.382 e. The van der Waals surface area contributed by atoms with E-state index in [1.165, 1.54) is 11.4 Å². The Labute approximate surface area is 86.9 Å². The summed E-state index contributed by atoms with van der Waals surface area (Å²) in [7, 11) is 0. The summed E-state index contributed by atoms with van der Waals surface area (Å²) in [4.78, 5) is 0. The lowest BCUT2D eigenvalue weighted by molar-refractivity contribution is 0.745. The van der Waals surface area contributed by atoms with Gasteiger partial charge in [0, 0.05) is 17.1 Å². The fraction of sp³-hybridized carbons (Fsp3) is 0.400. The molecule has 3 heteroatoms. The molecule has 0 fully saturated rings. The van der Waals surface area contributed by atoms with Gasteiger partial charge in [0.25, 0.3) is 0 Å². The van der Waals surface area contributed by atoms with Crippen LogP contribution in [0, 0.1) is 0 Å². The van der Waals surface area contributed by atoms with Crippen molar-refractivity contribution in [2.24, 2.45) is 0 Å². The fourth-order valence-electron chi connectivity index (χ4n) is 1.58. The number of hydrogen-bond donors (Lipinski definition) is 2. The first-order valence-electron chi connectivity index (χ1n) is 4.56. The maximum absolute atomic E-state index is 3.53. The molecule has 1 unspecified atom stereocenters. The Hall–Kier alpha value is -0.700. The van der Waals surface area contributed by atoms with Crippen LogP contribution in [0.1, 0.15) is 13.3 Å². The van der Waals surface area contributed by atoms with Crippen LogP contribution >= 0.6 is 15.9 Å². The third-order valence-electron chi connectivity index (χ3n) is 2.29. The lowest BCUT2D eigenvalue weighted by Crippen LogP contribution is -2.14. The first kappa shape index (κ1) is 8.88. The van der Waals surface area contributed by atoms with Crippen molar-refractivity contribution >= 4 is 27.3 Å². The number of hydrogen-bond acceptors (Lipinski definition) is 2.